The van der Waals surface area contributed by atoms with Crippen LogP contribution in [-0.4, -0.2) is 12.5 Å². The van der Waals surface area contributed by atoms with Gasteiger partial charge < -0.3 is 0 Å². The third-order valence-corrected chi connectivity index (χ3v) is 12.9. The lowest BCUT2D eigenvalue weighted by Gasteiger charge is -2.00. The van der Waals surface area contributed by atoms with Crippen LogP contribution in [0.5, 0.6) is 0 Å². The largest absolute Gasteiger partial charge is 0.289 e. The van der Waals surface area contributed by atoms with Gasteiger partial charge in [-0.25, -0.2) is 0 Å². The summed E-state index contributed by atoms with van der Waals surface area (Å²) in [5.41, 5.74) is 0. The zero-order valence-electron chi connectivity index (χ0n) is 9.17. The van der Waals surface area contributed by atoms with Crippen molar-refractivity contribution in [2.75, 3.05) is 12.5 Å². The predicted octanol–water partition coefficient (Wildman–Crippen LogP) is 5.83. The maximum absolute atomic E-state index is 11.3. The van der Waals surface area contributed by atoms with E-state index in [0.717, 1.165) is 0 Å². The molecule has 18 heavy (non-hydrogen) atoms. The van der Waals surface area contributed by atoms with Gasteiger partial charge >= 0.3 is 0 Å². The maximum Gasteiger partial charge on any atom is 0.289 e. The van der Waals surface area contributed by atoms with Crippen LogP contribution in [0.15, 0.2) is 30.2 Å². The highest BCUT2D eigenvalue weighted by Crippen LogP contribution is 2.64. The molecule has 1 aromatic heterocycles. The molecule has 0 spiro atoms. The van der Waals surface area contributed by atoms with Crippen molar-refractivity contribution >= 4 is 93.2 Å². The van der Waals surface area contributed by atoms with Crippen molar-refractivity contribution in [1.29, 1.82) is 0 Å². The molecule has 0 N–H and O–H groups in total. The van der Waals surface area contributed by atoms with Gasteiger partial charge in [0, 0.05) is 0 Å². The minimum absolute atomic E-state index is 0.212. The molecule has 2 aliphatic heterocycles. The summed E-state index contributed by atoms with van der Waals surface area (Å²) in [6.07, 6.45) is 4.26. The van der Waals surface area contributed by atoms with Crippen LogP contribution in [0.3, 0.4) is 0 Å². The number of rotatable bonds is 2. The summed E-state index contributed by atoms with van der Waals surface area (Å²) < 4.78 is 8.10. The highest BCUT2D eigenvalue weighted by molar-refractivity contribution is 8.42. The van der Waals surface area contributed by atoms with Crippen LogP contribution in [0.25, 0.3) is 0 Å². The van der Waals surface area contributed by atoms with E-state index in [9.17, 15) is 4.79 Å². The molecule has 0 saturated carbocycles. The summed E-state index contributed by atoms with van der Waals surface area (Å²) in [7, 11) is 0. The van der Waals surface area contributed by atoms with Crippen molar-refractivity contribution in [3.8, 4) is 0 Å². The number of hydrogen-bond acceptors (Lipinski definition) is 9. The summed E-state index contributed by atoms with van der Waals surface area (Å²) in [6, 6.07) is 0. The van der Waals surface area contributed by atoms with Crippen LogP contribution >= 0.6 is 93.2 Å². The summed E-state index contributed by atoms with van der Waals surface area (Å²) in [4.78, 5) is 11.3. The van der Waals surface area contributed by atoms with Crippen LogP contribution in [0.2, 0.25) is 0 Å². The zero-order chi connectivity index (χ0) is 12.7. The van der Waals surface area contributed by atoms with Crippen LogP contribution in [-0.2, 0) is 0 Å². The van der Waals surface area contributed by atoms with Gasteiger partial charge in [-0.1, -0.05) is 69.7 Å². The lowest BCUT2D eigenvalue weighted by Crippen LogP contribution is -1.75. The monoisotopic (exact) mass is 386 g/mol. The molecule has 0 aromatic carbocycles. The van der Waals surface area contributed by atoms with Gasteiger partial charge in [-0.15, -0.1) is 23.5 Å². The van der Waals surface area contributed by atoms with Crippen LogP contribution in [0.4, 0.5) is 0 Å². The highest BCUT2D eigenvalue weighted by atomic mass is 32.3. The molecular formula is C9H6OS8. The molecule has 0 fully saturated rings. The maximum atomic E-state index is 11.3. The fourth-order valence-corrected chi connectivity index (χ4v) is 12.3. The Morgan fingerprint density at radius 1 is 0.778 bits per heavy atom. The molecule has 0 bridgehead atoms. The van der Waals surface area contributed by atoms with E-state index in [-0.39, 0.29) is 4.06 Å². The molecule has 0 atom stereocenters. The molecule has 3 heterocycles. The lowest BCUT2D eigenvalue weighted by molar-refractivity contribution is 1.56. The normalized spacial score (nSPS) is 19.0. The summed E-state index contributed by atoms with van der Waals surface area (Å²) >= 11 is 13.7. The molecule has 1 nitrogen and oxygen atoms in total. The van der Waals surface area contributed by atoms with Gasteiger partial charge in [0.2, 0.25) is 0 Å². The quantitative estimate of drug-likeness (QED) is 0.628. The van der Waals surface area contributed by atoms with Crippen molar-refractivity contribution in [3.05, 3.63) is 25.8 Å². The topological polar surface area (TPSA) is 17.1 Å². The fraction of sp³-hybridized carbons (Fsp3) is 0.222. The van der Waals surface area contributed by atoms with Crippen molar-refractivity contribution < 1.29 is 0 Å². The van der Waals surface area contributed by atoms with E-state index in [1.165, 1.54) is 48.0 Å². The molecule has 2 aliphatic rings. The Balaban J connectivity index is 1.84. The van der Waals surface area contributed by atoms with Crippen molar-refractivity contribution in [2.45, 2.75) is 8.42 Å². The number of hydrogen-bond donors (Lipinski definition) is 0. The molecule has 3 rings (SSSR count). The standard InChI is InChI=1S/C9H6OS8/c1-11-3-4(12-2)14-5(13-3)6-15-7-8(16-6)18-9(10)17-7/h1-2H3. The van der Waals surface area contributed by atoms with Crippen molar-refractivity contribution in [1.82, 2.24) is 0 Å². The molecule has 0 saturated heterocycles. The molecule has 0 amide bonds. The van der Waals surface area contributed by atoms with Gasteiger partial charge in [0.25, 0.3) is 4.06 Å². The summed E-state index contributed by atoms with van der Waals surface area (Å²) in [5.74, 6) is 0. The average Bonchev–Trinajstić information content (AvgIpc) is 2.99. The predicted molar refractivity (Wildman–Crippen MR) is 96.4 cm³/mol. The Morgan fingerprint density at radius 2 is 1.22 bits per heavy atom. The lowest BCUT2D eigenvalue weighted by atomic mass is 11.1. The summed E-state index contributed by atoms with van der Waals surface area (Å²) in [6.45, 7) is 0. The molecule has 0 radical (unpaired) electrons. The van der Waals surface area contributed by atoms with E-state index in [2.05, 4.69) is 12.5 Å². The van der Waals surface area contributed by atoms with Gasteiger partial charge in [0.1, 0.15) is 0 Å². The van der Waals surface area contributed by atoms with E-state index in [1.807, 2.05) is 47.0 Å². The Morgan fingerprint density at radius 3 is 1.67 bits per heavy atom. The molecule has 9 heteroatoms. The number of fused-ring (bicyclic) bond motifs is 1. The van der Waals surface area contributed by atoms with E-state index >= 15 is 0 Å². The van der Waals surface area contributed by atoms with Gasteiger partial charge in [-0.3, -0.25) is 4.79 Å². The minimum Gasteiger partial charge on any atom is -0.265 e. The first-order valence-electron chi connectivity index (χ1n) is 4.63. The van der Waals surface area contributed by atoms with E-state index in [0.29, 0.717) is 0 Å². The number of thioether (sulfide) groups is 6. The first-order chi connectivity index (χ1) is 8.71. The molecule has 96 valence electrons. The van der Waals surface area contributed by atoms with Gasteiger partial charge in [0.05, 0.1) is 25.4 Å². The van der Waals surface area contributed by atoms with Gasteiger partial charge in [-0.05, 0) is 12.5 Å². The van der Waals surface area contributed by atoms with Crippen LogP contribution < -0.4 is 4.06 Å². The molecule has 1 aromatic rings. The van der Waals surface area contributed by atoms with Crippen LogP contribution in [0, 0.1) is 0 Å². The second-order valence-corrected chi connectivity index (χ2v) is 12.5. The van der Waals surface area contributed by atoms with Crippen molar-refractivity contribution in [2.24, 2.45) is 0 Å². The third kappa shape index (κ3) is 2.74. The molecule has 0 unspecified atom stereocenters. The Hall–Kier alpha value is 1.43. The Bertz CT molecular complexity index is 560. The van der Waals surface area contributed by atoms with Crippen LogP contribution in [0.1, 0.15) is 0 Å². The molecule has 0 aliphatic carbocycles. The smallest absolute Gasteiger partial charge is 0.265 e. The van der Waals surface area contributed by atoms with E-state index in [1.54, 1.807) is 23.5 Å². The second kappa shape index (κ2) is 6.05. The van der Waals surface area contributed by atoms with Crippen molar-refractivity contribution in [3.63, 3.8) is 0 Å². The third-order valence-electron chi connectivity index (χ3n) is 1.96. The average molecular weight is 387 g/mol. The first kappa shape index (κ1) is 14.4. The zero-order valence-corrected chi connectivity index (χ0v) is 15.7. The molecular weight excluding hydrogens is 381 g/mol. The Kier molecular flexibility index (Phi) is 4.83. The van der Waals surface area contributed by atoms with Gasteiger partial charge in [0.15, 0.2) is 0 Å². The fourth-order valence-electron chi connectivity index (χ4n) is 1.26. The minimum atomic E-state index is 0.212. The Labute approximate surface area is 138 Å². The SMILES string of the molecule is CSC1=C(SC)SC(=C2Sc3sc(=O)sc3S2)S1. The van der Waals surface area contributed by atoms with E-state index < -0.39 is 0 Å². The second-order valence-electron chi connectivity index (χ2n) is 3.00. The highest BCUT2D eigenvalue weighted by Gasteiger charge is 2.29. The summed E-state index contributed by atoms with van der Waals surface area (Å²) in [5, 5.41) is 0. The van der Waals surface area contributed by atoms with E-state index in [4.69, 9.17) is 0 Å². The first-order valence-corrected chi connectivity index (χ1v) is 12.0. The van der Waals surface area contributed by atoms with Gasteiger partial charge in [-0.2, -0.15) is 0 Å².